The Morgan fingerprint density at radius 3 is 2.87 bits per heavy atom. The number of nitrogens with one attached hydrogen (secondary N) is 1. The summed E-state index contributed by atoms with van der Waals surface area (Å²) in [4.78, 5) is 17.3. The van der Waals surface area contributed by atoms with E-state index in [1.54, 1.807) is 22.5 Å². The number of ether oxygens (including phenoxy) is 1. The summed E-state index contributed by atoms with van der Waals surface area (Å²) < 4.78 is 7.65. The van der Waals surface area contributed by atoms with E-state index in [2.05, 4.69) is 10.3 Å². The molecule has 4 aromatic rings. The van der Waals surface area contributed by atoms with E-state index in [1.807, 2.05) is 79.1 Å². The molecule has 0 unspecified atom stereocenters. The van der Waals surface area contributed by atoms with Crippen LogP contribution >= 0.6 is 11.8 Å². The molecule has 1 N–H and O–H groups in total. The maximum Gasteiger partial charge on any atom is 0.249 e. The van der Waals surface area contributed by atoms with Gasteiger partial charge in [-0.1, -0.05) is 36.4 Å². The molecular formula is C24H21N3O2S. The van der Waals surface area contributed by atoms with Crippen molar-refractivity contribution in [3.63, 3.8) is 0 Å². The third kappa shape index (κ3) is 3.84. The fourth-order valence-corrected chi connectivity index (χ4v) is 4.86. The predicted octanol–water partition coefficient (Wildman–Crippen LogP) is 4.66. The smallest absolute Gasteiger partial charge is 0.249 e. The number of pyridine rings is 1. The molecule has 0 radical (unpaired) electrons. The lowest BCUT2D eigenvalue weighted by Crippen LogP contribution is -2.37. The number of thioether (sulfide) groups is 1. The van der Waals surface area contributed by atoms with Crippen LogP contribution in [0.25, 0.3) is 10.9 Å². The summed E-state index contributed by atoms with van der Waals surface area (Å²) in [7, 11) is 0. The molecule has 150 valence electrons. The average Bonchev–Trinajstić information content (AvgIpc) is 3.46. The van der Waals surface area contributed by atoms with Crippen molar-refractivity contribution in [2.75, 3.05) is 5.75 Å². The van der Waals surface area contributed by atoms with Crippen molar-refractivity contribution in [1.29, 1.82) is 0 Å². The molecule has 6 heteroatoms. The third-order valence-corrected chi connectivity index (χ3v) is 6.48. The molecule has 3 heterocycles. The van der Waals surface area contributed by atoms with Gasteiger partial charge in [-0.3, -0.25) is 19.7 Å². The van der Waals surface area contributed by atoms with Crippen LogP contribution in [0.15, 0.2) is 85.3 Å². The minimum atomic E-state index is -0.232. The van der Waals surface area contributed by atoms with Gasteiger partial charge < -0.3 is 4.74 Å². The van der Waals surface area contributed by atoms with Crippen LogP contribution in [-0.2, 0) is 6.61 Å². The van der Waals surface area contributed by atoms with Crippen LogP contribution < -0.4 is 10.1 Å². The van der Waals surface area contributed by atoms with Crippen LogP contribution in [0.1, 0.15) is 21.3 Å². The maximum absolute atomic E-state index is 13.1. The van der Waals surface area contributed by atoms with Crippen LogP contribution in [0.3, 0.4) is 0 Å². The average molecular weight is 416 g/mol. The van der Waals surface area contributed by atoms with Gasteiger partial charge in [0.05, 0.1) is 16.9 Å². The summed E-state index contributed by atoms with van der Waals surface area (Å²) in [6.07, 6.45) is 5.45. The van der Waals surface area contributed by atoms with Gasteiger partial charge in [0.25, 0.3) is 0 Å². The zero-order valence-corrected chi connectivity index (χ0v) is 17.1. The normalized spacial score (nSPS) is 18.5. The van der Waals surface area contributed by atoms with Gasteiger partial charge in [0.15, 0.2) is 0 Å². The van der Waals surface area contributed by atoms with E-state index < -0.39 is 0 Å². The minimum Gasteiger partial charge on any atom is -0.489 e. The summed E-state index contributed by atoms with van der Waals surface area (Å²) in [6, 6.07) is 21.6. The van der Waals surface area contributed by atoms with Crippen LogP contribution in [0.4, 0.5) is 0 Å². The van der Waals surface area contributed by atoms with Gasteiger partial charge in [0.2, 0.25) is 5.91 Å². The Kier molecular flexibility index (Phi) is 5.26. The molecule has 1 aliphatic rings. The van der Waals surface area contributed by atoms with Crippen molar-refractivity contribution in [3.05, 3.63) is 96.4 Å². The van der Waals surface area contributed by atoms with Crippen LogP contribution in [-0.4, -0.2) is 27.3 Å². The van der Waals surface area contributed by atoms with Crippen molar-refractivity contribution < 1.29 is 9.53 Å². The van der Waals surface area contributed by atoms with Crippen LogP contribution in [0.2, 0.25) is 0 Å². The molecule has 0 saturated carbocycles. The SMILES string of the molecule is O=C([C@@H]1CS[C@@H](c2cccnc2)N1)n1ccc2cc(OCc3ccccc3)ccc21. The predicted molar refractivity (Wildman–Crippen MR) is 120 cm³/mol. The fraction of sp³-hybridized carbons (Fsp3) is 0.167. The largest absolute Gasteiger partial charge is 0.489 e. The molecule has 2 aromatic carbocycles. The van der Waals surface area contributed by atoms with Crippen molar-refractivity contribution in [3.8, 4) is 5.75 Å². The molecule has 1 aliphatic heterocycles. The molecule has 2 atom stereocenters. The summed E-state index contributed by atoms with van der Waals surface area (Å²) in [5, 5.41) is 4.52. The van der Waals surface area contributed by atoms with Gasteiger partial charge in [-0.25, -0.2) is 0 Å². The second kappa shape index (κ2) is 8.34. The standard InChI is InChI=1S/C24H21N3O2S/c28-24(21-16-30-23(26-21)19-7-4-11-25-14-19)27-12-10-18-13-20(8-9-22(18)27)29-15-17-5-2-1-3-6-17/h1-14,21,23,26H,15-16H2/t21-,23-/m0/s1. The van der Waals surface area contributed by atoms with E-state index in [-0.39, 0.29) is 17.3 Å². The van der Waals surface area contributed by atoms with E-state index >= 15 is 0 Å². The number of fused-ring (bicyclic) bond motifs is 1. The zero-order chi connectivity index (χ0) is 20.3. The molecule has 0 spiro atoms. The number of nitrogens with zero attached hydrogens (tertiary/aromatic N) is 2. The Hall–Kier alpha value is -3.09. The molecule has 0 amide bonds. The lowest BCUT2D eigenvalue weighted by molar-refractivity contribution is 0.0879. The van der Waals surface area contributed by atoms with Gasteiger partial charge in [0.1, 0.15) is 12.4 Å². The molecular weight excluding hydrogens is 394 g/mol. The first-order valence-electron chi connectivity index (χ1n) is 9.87. The summed E-state index contributed by atoms with van der Waals surface area (Å²) in [5.74, 6) is 1.58. The van der Waals surface area contributed by atoms with Gasteiger partial charge in [0, 0.05) is 29.7 Å². The van der Waals surface area contributed by atoms with E-state index in [4.69, 9.17) is 4.74 Å². The highest BCUT2D eigenvalue weighted by molar-refractivity contribution is 7.99. The second-order valence-corrected chi connectivity index (χ2v) is 8.38. The summed E-state index contributed by atoms with van der Waals surface area (Å²) >= 11 is 1.74. The Morgan fingerprint density at radius 2 is 2.03 bits per heavy atom. The molecule has 2 aromatic heterocycles. The Balaban J connectivity index is 1.29. The van der Waals surface area contributed by atoms with E-state index in [1.165, 1.54) is 0 Å². The van der Waals surface area contributed by atoms with Crippen molar-refractivity contribution in [1.82, 2.24) is 14.9 Å². The first-order valence-corrected chi connectivity index (χ1v) is 10.9. The van der Waals surface area contributed by atoms with Crippen molar-refractivity contribution in [2.45, 2.75) is 18.0 Å². The van der Waals surface area contributed by atoms with E-state index in [9.17, 15) is 4.79 Å². The summed E-state index contributed by atoms with van der Waals surface area (Å²) in [5.41, 5.74) is 3.11. The lowest BCUT2D eigenvalue weighted by atomic mass is 10.2. The number of hydrogen-bond acceptors (Lipinski definition) is 5. The second-order valence-electron chi connectivity index (χ2n) is 7.24. The zero-order valence-electron chi connectivity index (χ0n) is 16.3. The molecule has 1 fully saturated rings. The highest BCUT2D eigenvalue weighted by Crippen LogP contribution is 2.33. The highest BCUT2D eigenvalue weighted by atomic mass is 32.2. The number of aromatic nitrogens is 2. The van der Waals surface area contributed by atoms with Gasteiger partial charge in [-0.05, 0) is 41.5 Å². The monoisotopic (exact) mass is 415 g/mol. The fourth-order valence-electron chi connectivity index (χ4n) is 3.65. The highest BCUT2D eigenvalue weighted by Gasteiger charge is 2.31. The molecule has 5 nitrogen and oxygen atoms in total. The molecule has 5 rings (SSSR count). The third-order valence-electron chi connectivity index (χ3n) is 5.21. The molecule has 1 saturated heterocycles. The quantitative estimate of drug-likeness (QED) is 0.514. The van der Waals surface area contributed by atoms with Crippen molar-refractivity contribution >= 4 is 28.6 Å². The number of benzene rings is 2. The number of rotatable bonds is 5. The number of carbonyl (C=O) groups excluding carboxylic acids is 1. The first kappa shape index (κ1) is 18.9. The van der Waals surface area contributed by atoms with E-state index in [0.29, 0.717) is 6.61 Å². The van der Waals surface area contributed by atoms with Crippen LogP contribution in [0, 0.1) is 0 Å². The minimum absolute atomic E-state index is 0.0573. The molecule has 0 bridgehead atoms. The van der Waals surface area contributed by atoms with Gasteiger partial charge in [-0.2, -0.15) is 0 Å². The van der Waals surface area contributed by atoms with Crippen molar-refractivity contribution in [2.24, 2.45) is 0 Å². The Labute approximate surface area is 179 Å². The molecule has 30 heavy (non-hydrogen) atoms. The lowest BCUT2D eigenvalue weighted by Gasteiger charge is -2.14. The number of carbonyl (C=O) groups is 1. The van der Waals surface area contributed by atoms with Gasteiger partial charge in [-0.15, -0.1) is 11.8 Å². The first-order chi connectivity index (χ1) is 14.8. The maximum atomic E-state index is 13.1. The Bertz CT molecular complexity index is 1160. The molecule has 0 aliphatic carbocycles. The van der Waals surface area contributed by atoms with Gasteiger partial charge >= 0.3 is 0 Å². The van der Waals surface area contributed by atoms with Crippen LogP contribution in [0.5, 0.6) is 5.75 Å². The van der Waals surface area contributed by atoms with E-state index in [0.717, 1.165) is 33.5 Å². The summed E-state index contributed by atoms with van der Waals surface area (Å²) in [6.45, 7) is 0.519. The topological polar surface area (TPSA) is 56.2 Å². The number of hydrogen-bond donors (Lipinski definition) is 1. The Morgan fingerprint density at radius 1 is 1.13 bits per heavy atom.